The zero-order chi connectivity index (χ0) is 13.4. The van der Waals surface area contributed by atoms with Gasteiger partial charge in [-0.3, -0.25) is 9.79 Å². The molecule has 0 aromatic heterocycles. The van der Waals surface area contributed by atoms with Gasteiger partial charge in [0.2, 0.25) is 0 Å². The number of hydrogen-bond donors (Lipinski definition) is 0. The minimum absolute atomic E-state index is 0.0216. The second kappa shape index (κ2) is 4.99. The molecule has 1 aromatic carbocycles. The van der Waals surface area contributed by atoms with Gasteiger partial charge in [-0.25, -0.2) is 0 Å². The molecule has 1 amide bonds. The lowest BCUT2D eigenvalue weighted by Gasteiger charge is -2.20. The second-order valence-electron chi connectivity index (χ2n) is 4.58. The summed E-state index contributed by atoms with van der Waals surface area (Å²) >= 11 is 1.79. The van der Waals surface area contributed by atoms with E-state index in [1.807, 2.05) is 11.1 Å². The van der Waals surface area contributed by atoms with E-state index in [0.29, 0.717) is 22.7 Å². The van der Waals surface area contributed by atoms with Gasteiger partial charge in [-0.2, -0.15) is 0 Å². The van der Waals surface area contributed by atoms with E-state index in [0.717, 1.165) is 19.4 Å². The van der Waals surface area contributed by atoms with Crippen LogP contribution in [0.25, 0.3) is 0 Å². The van der Waals surface area contributed by atoms with Gasteiger partial charge in [-0.05, 0) is 18.9 Å². The first kappa shape index (κ1) is 12.7. The second-order valence-corrected chi connectivity index (χ2v) is 5.02. The van der Waals surface area contributed by atoms with E-state index < -0.39 is 0 Å². The molecule has 0 unspecified atom stereocenters. The molecule has 100 valence electrons. The average Bonchev–Trinajstić information content (AvgIpc) is 2.87. The number of halogens is 1. The topological polar surface area (TPSA) is 51.1 Å². The number of amides is 1. The van der Waals surface area contributed by atoms with Crippen molar-refractivity contribution in [3.05, 3.63) is 17.7 Å². The van der Waals surface area contributed by atoms with E-state index in [-0.39, 0.29) is 11.9 Å². The third kappa shape index (κ3) is 2.07. The van der Waals surface area contributed by atoms with Crippen molar-refractivity contribution >= 4 is 40.8 Å². The molecule has 0 bridgehead atoms. The standard InChI is InChI=1S/C13H13IN2O3/c1-18-11-5-9-10(6-12(11)19-14)15-7-8-3-2-4-16(8)13(9)17/h5-8H,2-4H2,1H3/t8-/m0/s1. The fraction of sp³-hybridized carbons (Fsp3) is 0.385. The number of ether oxygens (including phenoxy) is 1. The third-order valence-corrected chi connectivity index (χ3v) is 4.02. The molecule has 0 spiro atoms. The molecular weight excluding hydrogens is 359 g/mol. The van der Waals surface area contributed by atoms with Gasteiger partial charge in [0.1, 0.15) is 0 Å². The highest BCUT2D eigenvalue weighted by Gasteiger charge is 2.32. The summed E-state index contributed by atoms with van der Waals surface area (Å²) in [5.41, 5.74) is 1.22. The Bertz CT molecular complexity index is 559. The molecule has 0 N–H and O–H groups in total. The SMILES string of the molecule is COc1cc2c(cc1OI)N=C[C@@H]1CCCN1C2=O. The van der Waals surface area contributed by atoms with E-state index in [1.165, 1.54) is 0 Å². The minimum atomic E-state index is 0.0216. The first-order chi connectivity index (χ1) is 9.24. The summed E-state index contributed by atoms with van der Waals surface area (Å²) in [7, 11) is 1.56. The maximum absolute atomic E-state index is 12.5. The fourth-order valence-electron chi connectivity index (χ4n) is 2.57. The number of nitrogens with zero attached hydrogens (tertiary/aromatic N) is 2. The molecule has 2 heterocycles. The zero-order valence-electron chi connectivity index (χ0n) is 10.4. The van der Waals surface area contributed by atoms with Gasteiger partial charge >= 0.3 is 0 Å². The molecule has 2 aliphatic rings. The number of methoxy groups -OCH3 is 1. The molecule has 3 rings (SSSR count). The Kier molecular flexibility index (Phi) is 3.34. The van der Waals surface area contributed by atoms with E-state index >= 15 is 0 Å². The molecule has 0 aliphatic carbocycles. The number of hydrogen-bond acceptors (Lipinski definition) is 4. The predicted molar refractivity (Wildman–Crippen MR) is 79.9 cm³/mol. The Morgan fingerprint density at radius 3 is 3.00 bits per heavy atom. The van der Waals surface area contributed by atoms with Crippen molar-refractivity contribution in [2.45, 2.75) is 18.9 Å². The Labute approximate surface area is 125 Å². The number of benzene rings is 1. The highest BCUT2D eigenvalue weighted by atomic mass is 127. The van der Waals surface area contributed by atoms with Crippen LogP contribution in [0.1, 0.15) is 23.2 Å². The first-order valence-corrected chi connectivity index (χ1v) is 6.98. The van der Waals surface area contributed by atoms with Crippen molar-refractivity contribution in [3.8, 4) is 11.5 Å². The molecule has 1 saturated heterocycles. The van der Waals surface area contributed by atoms with Gasteiger partial charge in [0, 0.05) is 18.8 Å². The Hall–Kier alpha value is -1.31. The molecule has 6 heteroatoms. The lowest BCUT2D eigenvalue weighted by atomic mass is 10.1. The largest absolute Gasteiger partial charge is 0.493 e. The van der Waals surface area contributed by atoms with Gasteiger partial charge in [-0.15, -0.1) is 0 Å². The van der Waals surface area contributed by atoms with Gasteiger partial charge < -0.3 is 12.7 Å². The fourth-order valence-corrected chi connectivity index (χ4v) is 2.91. The molecule has 1 fully saturated rings. The summed E-state index contributed by atoms with van der Waals surface area (Å²) in [5, 5.41) is 0. The van der Waals surface area contributed by atoms with E-state index in [2.05, 4.69) is 4.99 Å². The van der Waals surface area contributed by atoms with Crippen LogP contribution in [0.3, 0.4) is 0 Å². The van der Waals surface area contributed by atoms with Gasteiger partial charge in [0.15, 0.2) is 34.5 Å². The van der Waals surface area contributed by atoms with Crippen molar-refractivity contribution in [2.24, 2.45) is 4.99 Å². The molecule has 2 aliphatic heterocycles. The number of aliphatic imine (C=N–C) groups is 1. The molecule has 0 radical (unpaired) electrons. The van der Waals surface area contributed by atoms with E-state index in [9.17, 15) is 4.79 Å². The summed E-state index contributed by atoms with van der Waals surface area (Å²) in [6.45, 7) is 0.793. The molecule has 5 nitrogen and oxygen atoms in total. The van der Waals surface area contributed by atoms with Crippen molar-refractivity contribution < 1.29 is 12.6 Å². The van der Waals surface area contributed by atoms with Crippen LogP contribution >= 0.6 is 23.0 Å². The van der Waals surface area contributed by atoms with Gasteiger partial charge in [0.05, 0.1) is 24.4 Å². The summed E-state index contributed by atoms with van der Waals surface area (Å²) in [6.07, 6.45) is 3.88. The van der Waals surface area contributed by atoms with E-state index in [1.54, 1.807) is 42.2 Å². The number of carbonyl (C=O) groups excluding carboxylic acids is 1. The van der Waals surface area contributed by atoms with Crippen LogP contribution in [-0.4, -0.2) is 36.7 Å². The summed E-state index contributed by atoms with van der Waals surface area (Å²) in [6, 6.07) is 3.58. The van der Waals surface area contributed by atoms with Crippen LogP contribution in [0.2, 0.25) is 0 Å². The van der Waals surface area contributed by atoms with Crippen molar-refractivity contribution in [1.82, 2.24) is 4.90 Å². The first-order valence-electron chi connectivity index (χ1n) is 6.10. The monoisotopic (exact) mass is 372 g/mol. The normalized spacial score (nSPS) is 20.8. The molecule has 1 aromatic rings. The lowest BCUT2D eigenvalue weighted by molar-refractivity contribution is 0.0774. The van der Waals surface area contributed by atoms with Gasteiger partial charge in [0.25, 0.3) is 5.91 Å². The van der Waals surface area contributed by atoms with Crippen LogP contribution in [-0.2, 0) is 0 Å². The van der Waals surface area contributed by atoms with Crippen LogP contribution in [0.15, 0.2) is 17.1 Å². The molecule has 1 atom stereocenters. The zero-order valence-corrected chi connectivity index (χ0v) is 12.6. The van der Waals surface area contributed by atoms with Crippen LogP contribution < -0.4 is 7.80 Å². The van der Waals surface area contributed by atoms with Gasteiger partial charge in [-0.1, -0.05) is 0 Å². The molecular formula is C13H13IN2O3. The highest BCUT2D eigenvalue weighted by Crippen LogP contribution is 2.38. The average molecular weight is 372 g/mol. The lowest BCUT2D eigenvalue weighted by Crippen LogP contribution is -2.35. The minimum Gasteiger partial charge on any atom is -0.493 e. The van der Waals surface area contributed by atoms with Crippen LogP contribution in [0, 0.1) is 0 Å². The Balaban J connectivity index is 2.12. The molecule has 19 heavy (non-hydrogen) atoms. The predicted octanol–water partition coefficient (Wildman–Crippen LogP) is 2.74. The highest BCUT2D eigenvalue weighted by molar-refractivity contribution is 14.1. The maximum Gasteiger partial charge on any atom is 0.256 e. The van der Waals surface area contributed by atoms with E-state index in [4.69, 9.17) is 7.80 Å². The summed E-state index contributed by atoms with van der Waals surface area (Å²) in [4.78, 5) is 18.8. The number of fused-ring (bicyclic) bond motifs is 2. The van der Waals surface area contributed by atoms with Crippen molar-refractivity contribution in [2.75, 3.05) is 13.7 Å². The van der Waals surface area contributed by atoms with Crippen LogP contribution in [0.4, 0.5) is 5.69 Å². The number of rotatable bonds is 2. The van der Waals surface area contributed by atoms with Crippen LogP contribution in [0.5, 0.6) is 11.5 Å². The molecule has 0 saturated carbocycles. The maximum atomic E-state index is 12.5. The summed E-state index contributed by atoms with van der Waals surface area (Å²) < 4.78 is 10.5. The quantitative estimate of drug-likeness (QED) is 0.751. The van der Waals surface area contributed by atoms with Crippen molar-refractivity contribution in [1.29, 1.82) is 0 Å². The van der Waals surface area contributed by atoms with Crippen molar-refractivity contribution in [3.63, 3.8) is 0 Å². The Morgan fingerprint density at radius 2 is 2.26 bits per heavy atom. The number of carbonyl (C=O) groups is 1. The third-order valence-electron chi connectivity index (χ3n) is 3.54. The smallest absolute Gasteiger partial charge is 0.256 e. The Morgan fingerprint density at radius 1 is 1.42 bits per heavy atom. The summed E-state index contributed by atoms with van der Waals surface area (Å²) in [5.74, 6) is 1.15.